The van der Waals surface area contributed by atoms with E-state index >= 15 is 0 Å². The predicted molar refractivity (Wildman–Crippen MR) is 75.9 cm³/mol. The third-order valence-corrected chi connectivity index (χ3v) is 4.02. The summed E-state index contributed by atoms with van der Waals surface area (Å²) in [4.78, 5) is 1.29. The van der Waals surface area contributed by atoms with Gasteiger partial charge < -0.3 is 11.1 Å². The van der Waals surface area contributed by atoms with Crippen LogP contribution in [0.3, 0.4) is 0 Å². The van der Waals surface area contributed by atoms with Crippen molar-refractivity contribution < 1.29 is 0 Å². The zero-order chi connectivity index (χ0) is 12.3. The van der Waals surface area contributed by atoms with Gasteiger partial charge >= 0.3 is 0 Å². The second kappa shape index (κ2) is 5.54. The lowest BCUT2D eigenvalue weighted by atomic mass is 10.1. The van der Waals surface area contributed by atoms with E-state index in [9.17, 15) is 0 Å². The molecule has 0 radical (unpaired) electrons. The van der Waals surface area contributed by atoms with Crippen molar-refractivity contribution in [2.75, 3.05) is 11.9 Å². The van der Waals surface area contributed by atoms with Crippen LogP contribution >= 0.6 is 22.9 Å². The maximum atomic E-state index is 5.86. The molecule has 2 aromatic rings. The second-order valence-corrected chi connectivity index (χ2v) is 5.29. The van der Waals surface area contributed by atoms with Crippen LogP contribution in [-0.4, -0.2) is 6.54 Å². The van der Waals surface area contributed by atoms with Crippen molar-refractivity contribution in [3.8, 4) is 0 Å². The molecule has 0 aliphatic carbocycles. The summed E-state index contributed by atoms with van der Waals surface area (Å²) in [7, 11) is 0. The van der Waals surface area contributed by atoms with E-state index in [0.29, 0.717) is 6.54 Å². The van der Waals surface area contributed by atoms with Gasteiger partial charge in [0.2, 0.25) is 0 Å². The first-order valence-electron chi connectivity index (χ1n) is 5.47. The smallest absolute Gasteiger partial charge is 0.0731 e. The lowest BCUT2D eigenvalue weighted by Crippen LogP contribution is -2.20. The molecule has 1 aromatic carbocycles. The average Bonchev–Trinajstić information content (AvgIpc) is 2.75. The number of hydrogen-bond acceptors (Lipinski definition) is 3. The Kier molecular flexibility index (Phi) is 4.05. The van der Waals surface area contributed by atoms with Crippen molar-refractivity contribution in [3.05, 3.63) is 51.2 Å². The molecule has 0 amide bonds. The number of nitrogens with two attached hydrogens (primary N) is 1. The Morgan fingerprint density at radius 2 is 2.00 bits per heavy atom. The molecule has 0 saturated carbocycles. The van der Waals surface area contributed by atoms with Gasteiger partial charge in [0, 0.05) is 22.1 Å². The average molecular weight is 267 g/mol. The van der Waals surface area contributed by atoms with Crippen LogP contribution < -0.4 is 11.1 Å². The zero-order valence-electron chi connectivity index (χ0n) is 9.61. The van der Waals surface area contributed by atoms with Crippen LogP contribution in [0.15, 0.2) is 35.7 Å². The van der Waals surface area contributed by atoms with E-state index in [1.807, 2.05) is 24.3 Å². The number of hydrogen-bond donors (Lipinski definition) is 2. The minimum atomic E-state index is 0.163. The molecule has 0 bridgehead atoms. The van der Waals surface area contributed by atoms with E-state index < -0.39 is 0 Å². The monoisotopic (exact) mass is 266 g/mol. The molecule has 1 aromatic heterocycles. The van der Waals surface area contributed by atoms with Gasteiger partial charge in [0.1, 0.15) is 0 Å². The number of rotatable bonds is 4. The molecule has 1 unspecified atom stereocenters. The molecule has 3 N–H and O–H groups in total. The summed E-state index contributed by atoms with van der Waals surface area (Å²) in [6.45, 7) is 2.68. The lowest BCUT2D eigenvalue weighted by molar-refractivity contribution is 0.800. The van der Waals surface area contributed by atoms with E-state index in [1.54, 1.807) is 11.3 Å². The molecule has 0 aliphatic heterocycles. The molecule has 90 valence electrons. The van der Waals surface area contributed by atoms with Gasteiger partial charge in [-0.05, 0) is 48.2 Å². The van der Waals surface area contributed by atoms with E-state index in [1.165, 1.54) is 10.4 Å². The molecule has 4 heteroatoms. The molecule has 0 aliphatic rings. The largest absolute Gasteiger partial charge is 0.376 e. The Labute approximate surface area is 110 Å². The van der Waals surface area contributed by atoms with E-state index in [4.69, 9.17) is 17.3 Å². The molecule has 2 nitrogen and oxygen atoms in total. The highest BCUT2D eigenvalue weighted by molar-refractivity contribution is 7.10. The van der Waals surface area contributed by atoms with Gasteiger partial charge in [0.15, 0.2) is 0 Å². The summed E-state index contributed by atoms with van der Waals surface area (Å²) in [5.41, 5.74) is 8.15. The van der Waals surface area contributed by atoms with E-state index in [2.05, 4.69) is 23.7 Å². The summed E-state index contributed by atoms with van der Waals surface area (Å²) in [6.07, 6.45) is 0. The van der Waals surface area contributed by atoms with E-state index in [0.717, 1.165) is 10.7 Å². The summed E-state index contributed by atoms with van der Waals surface area (Å²) in [6, 6.07) is 9.96. The minimum absolute atomic E-state index is 0.163. The van der Waals surface area contributed by atoms with Gasteiger partial charge in [0.05, 0.1) is 6.04 Å². The third kappa shape index (κ3) is 3.00. The summed E-state index contributed by atoms with van der Waals surface area (Å²) < 4.78 is 0. The van der Waals surface area contributed by atoms with E-state index in [-0.39, 0.29) is 6.04 Å². The van der Waals surface area contributed by atoms with Gasteiger partial charge in [-0.15, -0.1) is 11.3 Å². The topological polar surface area (TPSA) is 38.0 Å². The number of benzene rings is 1. The third-order valence-electron chi connectivity index (χ3n) is 2.64. The van der Waals surface area contributed by atoms with Crippen molar-refractivity contribution in [1.82, 2.24) is 0 Å². The normalized spacial score (nSPS) is 12.4. The van der Waals surface area contributed by atoms with Crippen LogP contribution in [0.4, 0.5) is 5.69 Å². The second-order valence-electron chi connectivity index (χ2n) is 3.91. The summed E-state index contributed by atoms with van der Waals surface area (Å²) in [5.74, 6) is 0. The fourth-order valence-corrected chi connectivity index (χ4v) is 2.84. The SMILES string of the molecule is Cc1ccsc1C(CN)Nc1ccc(Cl)cc1. The molecule has 0 spiro atoms. The highest BCUT2D eigenvalue weighted by Gasteiger charge is 2.13. The fraction of sp³-hybridized carbons (Fsp3) is 0.231. The highest BCUT2D eigenvalue weighted by Crippen LogP contribution is 2.27. The number of aryl methyl sites for hydroxylation is 1. The standard InChI is InChI=1S/C13H15ClN2S/c1-9-6-7-17-13(9)12(8-15)16-11-4-2-10(14)3-5-11/h2-7,12,16H,8,15H2,1H3. The first-order chi connectivity index (χ1) is 8.20. The summed E-state index contributed by atoms with van der Waals surface area (Å²) >= 11 is 7.59. The van der Waals surface area contributed by atoms with Crippen molar-refractivity contribution in [1.29, 1.82) is 0 Å². The van der Waals surface area contributed by atoms with Gasteiger partial charge in [-0.1, -0.05) is 11.6 Å². The van der Waals surface area contributed by atoms with Crippen LogP contribution in [0.25, 0.3) is 0 Å². The molecular formula is C13H15ClN2S. The molecule has 0 saturated heterocycles. The van der Waals surface area contributed by atoms with Crippen LogP contribution in [0.5, 0.6) is 0 Å². The number of thiophene rings is 1. The minimum Gasteiger partial charge on any atom is -0.376 e. The maximum Gasteiger partial charge on any atom is 0.0731 e. The molecule has 1 heterocycles. The van der Waals surface area contributed by atoms with Gasteiger partial charge in [0.25, 0.3) is 0 Å². The number of halogens is 1. The van der Waals surface area contributed by atoms with Crippen LogP contribution in [0.2, 0.25) is 5.02 Å². The molecular weight excluding hydrogens is 252 g/mol. The Morgan fingerprint density at radius 1 is 1.29 bits per heavy atom. The quantitative estimate of drug-likeness (QED) is 0.883. The molecule has 2 rings (SSSR count). The Hall–Kier alpha value is -1.03. The van der Waals surface area contributed by atoms with Crippen LogP contribution in [0, 0.1) is 6.92 Å². The maximum absolute atomic E-state index is 5.86. The van der Waals surface area contributed by atoms with Gasteiger partial charge in [-0.25, -0.2) is 0 Å². The highest BCUT2D eigenvalue weighted by atomic mass is 35.5. The van der Waals surface area contributed by atoms with Crippen molar-refractivity contribution in [2.45, 2.75) is 13.0 Å². The Bertz CT molecular complexity index is 478. The number of anilines is 1. The molecule has 17 heavy (non-hydrogen) atoms. The predicted octanol–water partition coefficient (Wildman–Crippen LogP) is 3.82. The summed E-state index contributed by atoms with van der Waals surface area (Å²) in [5, 5.41) is 6.26. The van der Waals surface area contributed by atoms with Gasteiger partial charge in [-0.2, -0.15) is 0 Å². The first-order valence-corrected chi connectivity index (χ1v) is 6.72. The Morgan fingerprint density at radius 3 is 2.53 bits per heavy atom. The van der Waals surface area contributed by atoms with Crippen molar-refractivity contribution in [3.63, 3.8) is 0 Å². The van der Waals surface area contributed by atoms with Crippen molar-refractivity contribution in [2.24, 2.45) is 5.73 Å². The fourth-order valence-electron chi connectivity index (χ4n) is 1.72. The first kappa shape index (κ1) is 12.4. The molecule has 0 fully saturated rings. The van der Waals surface area contributed by atoms with Crippen molar-refractivity contribution >= 4 is 28.6 Å². The Balaban J connectivity index is 2.16. The lowest BCUT2D eigenvalue weighted by Gasteiger charge is -2.18. The van der Waals surface area contributed by atoms with Crippen LogP contribution in [-0.2, 0) is 0 Å². The number of nitrogens with one attached hydrogen (secondary N) is 1. The van der Waals surface area contributed by atoms with Crippen LogP contribution in [0.1, 0.15) is 16.5 Å². The van der Waals surface area contributed by atoms with Gasteiger partial charge in [-0.3, -0.25) is 0 Å². The zero-order valence-corrected chi connectivity index (χ0v) is 11.2. The molecule has 1 atom stereocenters.